The van der Waals surface area contributed by atoms with E-state index in [4.69, 9.17) is 11.5 Å². The molecule has 42 valence electrons. The van der Waals surface area contributed by atoms with Crippen molar-refractivity contribution in [1.82, 2.24) is 0 Å². The van der Waals surface area contributed by atoms with Gasteiger partial charge in [0.15, 0.2) is 0 Å². The molecular formula is C2H10BrIN2. The molecule has 0 unspecified atom stereocenters. The van der Waals surface area contributed by atoms with Gasteiger partial charge in [-0.2, -0.15) is 0 Å². The molecule has 0 aromatic rings. The van der Waals surface area contributed by atoms with E-state index >= 15 is 0 Å². The van der Waals surface area contributed by atoms with Crippen molar-refractivity contribution in [3.8, 4) is 0 Å². The van der Waals surface area contributed by atoms with Gasteiger partial charge in [0, 0.05) is 13.1 Å². The molecule has 0 atom stereocenters. The monoisotopic (exact) mass is 268 g/mol. The van der Waals surface area contributed by atoms with Gasteiger partial charge in [0.2, 0.25) is 0 Å². The zero-order valence-corrected chi connectivity index (χ0v) is 7.43. The maximum atomic E-state index is 4.90. The number of hydrogen-bond acceptors (Lipinski definition) is 2. The lowest BCUT2D eigenvalue weighted by molar-refractivity contribution is 0.976. The van der Waals surface area contributed by atoms with Gasteiger partial charge >= 0.3 is 0 Å². The summed E-state index contributed by atoms with van der Waals surface area (Å²) < 4.78 is 0. The summed E-state index contributed by atoms with van der Waals surface area (Å²) in [5.74, 6) is 0. The average Bonchev–Trinajstić information content (AvgIpc) is 1.37. The smallest absolute Gasteiger partial charge is 0.00461 e. The molecule has 0 aromatic heterocycles. The van der Waals surface area contributed by atoms with Crippen LogP contribution in [-0.4, -0.2) is 13.1 Å². The molecule has 2 nitrogen and oxygen atoms in total. The Balaban J connectivity index is -0.0000000450. The van der Waals surface area contributed by atoms with Crippen LogP contribution < -0.4 is 11.5 Å². The molecule has 0 bridgehead atoms. The topological polar surface area (TPSA) is 52.0 Å². The molecule has 6 heavy (non-hydrogen) atoms. The van der Waals surface area contributed by atoms with Crippen molar-refractivity contribution in [3.05, 3.63) is 0 Å². The lowest BCUT2D eigenvalue weighted by Gasteiger charge is -1.72. The van der Waals surface area contributed by atoms with E-state index in [9.17, 15) is 0 Å². The fourth-order valence-electron chi connectivity index (χ4n) is 0. The Morgan fingerprint density at radius 1 is 1.00 bits per heavy atom. The third-order valence-electron chi connectivity index (χ3n) is 0.167. The summed E-state index contributed by atoms with van der Waals surface area (Å²) in [6.07, 6.45) is 0. The summed E-state index contributed by atoms with van der Waals surface area (Å²) in [7, 11) is 0. The summed E-state index contributed by atoms with van der Waals surface area (Å²) in [6.45, 7) is 1.19. The minimum atomic E-state index is 0. The minimum absolute atomic E-state index is 0. The Hall–Kier alpha value is 1.13. The maximum absolute atomic E-state index is 4.90. The molecule has 0 fully saturated rings. The molecule has 4 N–H and O–H groups in total. The highest BCUT2D eigenvalue weighted by Gasteiger charge is 1.54. The Morgan fingerprint density at radius 3 is 1.17 bits per heavy atom. The molecule has 0 aromatic carbocycles. The Kier molecular flexibility index (Phi) is 43.1. The van der Waals surface area contributed by atoms with E-state index in [-0.39, 0.29) is 41.0 Å². The maximum Gasteiger partial charge on any atom is 0.00461 e. The molecule has 0 radical (unpaired) electrons. The van der Waals surface area contributed by atoms with E-state index in [2.05, 4.69) is 0 Å². The zero-order valence-electron chi connectivity index (χ0n) is 3.39. The quantitative estimate of drug-likeness (QED) is 0.663. The molecule has 0 saturated heterocycles. The van der Waals surface area contributed by atoms with Crippen LogP contribution in [0.2, 0.25) is 0 Å². The standard InChI is InChI=1S/C2H8N2.BrH.HI/c3-1-2-4;;/h1-4H2;2*1H. The van der Waals surface area contributed by atoms with Crippen LogP contribution in [0.5, 0.6) is 0 Å². The van der Waals surface area contributed by atoms with Crippen LogP contribution in [-0.2, 0) is 0 Å². The zero-order chi connectivity index (χ0) is 3.41. The van der Waals surface area contributed by atoms with Crippen molar-refractivity contribution in [2.75, 3.05) is 13.1 Å². The molecule has 0 aliphatic carbocycles. The fourth-order valence-corrected chi connectivity index (χ4v) is 0. The van der Waals surface area contributed by atoms with E-state index in [0.717, 1.165) is 0 Å². The van der Waals surface area contributed by atoms with Gasteiger partial charge in [-0.3, -0.25) is 0 Å². The lowest BCUT2D eigenvalue weighted by atomic mass is 10.7. The van der Waals surface area contributed by atoms with Crippen LogP contribution in [0.25, 0.3) is 0 Å². The molecule has 0 spiro atoms. The summed E-state index contributed by atoms with van der Waals surface area (Å²) in [6, 6.07) is 0. The normalized spacial score (nSPS) is 5.00. The predicted molar refractivity (Wildman–Crippen MR) is 43.8 cm³/mol. The van der Waals surface area contributed by atoms with Crippen LogP contribution >= 0.6 is 41.0 Å². The van der Waals surface area contributed by atoms with Gasteiger partial charge in [0.05, 0.1) is 0 Å². The van der Waals surface area contributed by atoms with Gasteiger partial charge in [0.25, 0.3) is 0 Å². The first-order valence-electron chi connectivity index (χ1n) is 1.32. The van der Waals surface area contributed by atoms with E-state index in [1.54, 1.807) is 0 Å². The Bertz CT molecular complexity index is 13.5. The predicted octanol–water partition coefficient (Wildman–Crippen LogP) is 0.0997. The summed E-state index contributed by atoms with van der Waals surface area (Å²) in [5, 5.41) is 0. The van der Waals surface area contributed by atoms with Crippen LogP contribution in [0, 0.1) is 0 Å². The van der Waals surface area contributed by atoms with E-state index in [0.29, 0.717) is 13.1 Å². The third kappa shape index (κ3) is 19.3. The number of nitrogens with two attached hydrogens (primary N) is 2. The number of halogens is 2. The summed E-state index contributed by atoms with van der Waals surface area (Å²) in [5.41, 5.74) is 9.81. The van der Waals surface area contributed by atoms with Gasteiger partial charge in [0.1, 0.15) is 0 Å². The number of rotatable bonds is 1. The fraction of sp³-hybridized carbons (Fsp3) is 1.00. The van der Waals surface area contributed by atoms with Gasteiger partial charge in [-0.05, 0) is 0 Å². The van der Waals surface area contributed by atoms with Crippen LogP contribution in [0.4, 0.5) is 0 Å². The first-order chi connectivity index (χ1) is 1.91. The average molecular weight is 269 g/mol. The van der Waals surface area contributed by atoms with Gasteiger partial charge in [-0.25, -0.2) is 0 Å². The van der Waals surface area contributed by atoms with Gasteiger partial charge < -0.3 is 11.5 Å². The van der Waals surface area contributed by atoms with Crippen molar-refractivity contribution in [1.29, 1.82) is 0 Å². The van der Waals surface area contributed by atoms with E-state index in [1.165, 1.54) is 0 Å². The van der Waals surface area contributed by atoms with Crippen molar-refractivity contribution < 1.29 is 0 Å². The van der Waals surface area contributed by atoms with Crippen LogP contribution in [0.15, 0.2) is 0 Å². The molecule has 0 saturated carbocycles. The van der Waals surface area contributed by atoms with Gasteiger partial charge in [-0.1, -0.05) is 0 Å². The van der Waals surface area contributed by atoms with Gasteiger partial charge in [-0.15, -0.1) is 41.0 Å². The summed E-state index contributed by atoms with van der Waals surface area (Å²) in [4.78, 5) is 0. The summed E-state index contributed by atoms with van der Waals surface area (Å²) >= 11 is 0. The van der Waals surface area contributed by atoms with Crippen LogP contribution in [0.1, 0.15) is 0 Å². The SMILES string of the molecule is Br.I.NCCN. The van der Waals surface area contributed by atoms with Crippen molar-refractivity contribution in [3.63, 3.8) is 0 Å². The minimum Gasteiger partial charge on any atom is -0.329 e. The first kappa shape index (κ1) is 15.7. The van der Waals surface area contributed by atoms with E-state index < -0.39 is 0 Å². The largest absolute Gasteiger partial charge is 0.329 e. The highest BCUT2D eigenvalue weighted by Crippen LogP contribution is 1.24. The van der Waals surface area contributed by atoms with Crippen molar-refractivity contribution in [2.45, 2.75) is 0 Å². The molecule has 4 heteroatoms. The first-order valence-corrected chi connectivity index (χ1v) is 1.32. The second kappa shape index (κ2) is 16.5. The highest BCUT2D eigenvalue weighted by atomic mass is 127. The van der Waals surface area contributed by atoms with Crippen molar-refractivity contribution >= 4 is 41.0 Å². The van der Waals surface area contributed by atoms with E-state index in [1.807, 2.05) is 0 Å². The lowest BCUT2D eigenvalue weighted by Crippen LogP contribution is -2.11. The van der Waals surface area contributed by atoms with Crippen molar-refractivity contribution in [2.24, 2.45) is 11.5 Å². The molecule has 0 aliphatic heterocycles. The second-order valence-corrected chi connectivity index (χ2v) is 0.577. The second-order valence-electron chi connectivity index (χ2n) is 0.577. The Morgan fingerprint density at radius 2 is 1.17 bits per heavy atom. The number of hydrogen-bond donors (Lipinski definition) is 2. The molecule has 0 aliphatic rings. The molecule has 0 rings (SSSR count). The highest BCUT2D eigenvalue weighted by molar-refractivity contribution is 14.0. The third-order valence-corrected chi connectivity index (χ3v) is 0.167. The molecule has 0 amide bonds. The molecule has 0 heterocycles. The Labute approximate surface area is 65.4 Å². The van der Waals surface area contributed by atoms with Crippen LogP contribution in [0.3, 0.4) is 0 Å². The molecular weight excluding hydrogens is 259 g/mol.